The summed E-state index contributed by atoms with van der Waals surface area (Å²) in [7, 11) is 0. The van der Waals surface area contributed by atoms with Crippen LogP contribution in [-0.2, 0) is 0 Å². The molecule has 19 heavy (non-hydrogen) atoms. The summed E-state index contributed by atoms with van der Waals surface area (Å²) in [6.07, 6.45) is 6.67. The van der Waals surface area contributed by atoms with Gasteiger partial charge in [0.2, 0.25) is 0 Å². The Balaban J connectivity index is 2.24. The number of amides is 1. The standard InChI is InChI=1S/C14H19BrFNOS/c1-19-9-5-3-2-4-8-17-14(18)12-7-6-11(16)10-13(12)15/h6-7,10H,2-5,8-9H2,1H3,(H,17,18). The van der Waals surface area contributed by atoms with Crippen molar-refractivity contribution in [2.75, 3.05) is 18.6 Å². The van der Waals surface area contributed by atoms with Crippen LogP contribution in [0.4, 0.5) is 4.39 Å². The van der Waals surface area contributed by atoms with Gasteiger partial charge in [-0.25, -0.2) is 4.39 Å². The highest BCUT2D eigenvalue weighted by atomic mass is 79.9. The van der Waals surface area contributed by atoms with E-state index in [0.717, 1.165) is 12.8 Å². The molecule has 106 valence electrons. The Kier molecular flexibility index (Phi) is 8.14. The van der Waals surface area contributed by atoms with Crippen LogP contribution < -0.4 is 5.32 Å². The second-order valence-corrected chi connectivity index (χ2v) is 6.13. The third-order valence-corrected chi connectivity index (χ3v) is 4.09. The first-order valence-electron chi connectivity index (χ1n) is 6.37. The Morgan fingerprint density at radius 3 is 2.74 bits per heavy atom. The maximum atomic E-state index is 12.9. The average molecular weight is 348 g/mol. The SMILES string of the molecule is CSCCCCCCNC(=O)c1ccc(F)cc1Br. The summed E-state index contributed by atoms with van der Waals surface area (Å²) in [5, 5.41) is 2.85. The first-order chi connectivity index (χ1) is 9.15. The van der Waals surface area contributed by atoms with Gasteiger partial charge < -0.3 is 5.32 Å². The number of unbranched alkanes of at least 4 members (excludes halogenated alkanes) is 3. The van der Waals surface area contributed by atoms with E-state index in [9.17, 15) is 9.18 Å². The van der Waals surface area contributed by atoms with E-state index in [-0.39, 0.29) is 11.7 Å². The molecular weight excluding hydrogens is 329 g/mol. The molecule has 0 saturated heterocycles. The molecule has 0 bridgehead atoms. The lowest BCUT2D eigenvalue weighted by Gasteiger charge is -2.07. The van der Waals surface area contributed by atoms with Crippen LogP contribution in [-0.4, -0.2) is 24.5 Å². The molecule has 0 aromatic heterocycles. The zero-order valence-electron chi connectivity index (χ0n) is 11.0. The summed E-state index contributed by atoms with van der Waals surface area (Å²) in [6, 6.07) is 4.09. The molecule has 0 aliphatic rings. The third kappa shape index (κ3) is 6.43. The van der Waals surface area contributed by atoms with Gasteiger partial charge in [-0.2, -0.15) is 11.8 Å². The van der Waals surface area contributed by atoms with Crippen LogP contribution >= 0.6 is 27.7 Å². The van der Waals surface area contributed by atoms with Crippen molar-refractivity contribution in [1.29, 1.82) is 0 Å². The second-order valence-electron chi connectivity index (χ2n) is 4.29. The minimum absolute atomic E-state index is 0.156. The molecule has 2 nitrogen and oxygen atoms in total. The van der Waals surface area contributed by atoms with E-state index >= 15 is 0 Å². The summed E-state index contributed by atoms with van der Waals surface area (Å²) in [5.41, 5.74) is 0.476. The van der Waals surface area contributed by atoms with Crippen LogP contribution in [0.15, 0.2) is 22.7 Å². The fourth-order valence-electron chi connectivity index (χ4n) is 1.70. The van der Waals surface area contributed by atoms with Gasteiger partial charge in [0.15, 0.2) is 0 Å². The molecule has 0 spiro atoms. The monoisotopic (exact) mass is 347 g/mol. The Labute approximate surface area is 126 Å². The summed E-state index contributed by atoms with van der Waals surface area (Å²) in [4.78, 5) is 11.8. The Bertz CT molecular complexity index is 414. The average Bonchev–Trinajstić information content (AvgIpc) is 2.37. The van der Waals surface area contributed by atoms with Gasteiger partial charge in [0.05, 0.1) is 5.56 Å². The van der Waals surface area contributed by atoms with Crippen LogP contribution in [0.2, 0.25) is 0 Å². The van der Waals surface area contributed by atoms with Crippen molar-refractivity contribution in [3.8, 4) is 0 Å². The van der Waals surface area contributed by atoms with E-state index in [1.165, 1.54) is 36.8 Å². The van der Waals surface area contributed by atoms with E-state index in [1.54, 1.807) is 0 Å². The topological polar surface area (TPSA) is 29.1 Å². The fourth-order valence-corrected chi connectivity index (χ4v) is 2.72. The quantitative estimate of drug-likeness (QED) is 0.712. The van der Waals surface area contributed by atoms with Crippen LogP contribution in [0.1, 0.15) is 36.0 Å². The predicted octanol–water partition coefficient (Wildman–Crippen LogP) is 4.24. The van der Waals surface area contributed by atoms with Crippen molar-refractivity contribution in [2.24, 2.45) is 0 Å². The molecule has 1 rings (SSSR count). The Morgan fingerprint density at radius 2 is 2.05 bits per heavy atom. The van der Waals surface area contributed by atoms with Crippen LogP contribution in [0.25, 0.3) is 0 Å². The molecular formula is C14H19BrFNOS. The van der Waals surface area contributed by atoms with Gasteiger partial charge in [0.25, 0.3) is 5.91 Å². The molecule has 0 radical (unpaired) electrons. The van der Waals surface area contributed by atoms with Crippen molar-refractivity contribution < 1.29 is 9.18 Å². The molecule has 0 fully saturated rings. The minimum Gasteiger partial charge on any atom is -0.352 e. The number of carbonyl (C=O) groups excluding carboxylic acids is 1. The number of benzene rings is 1. The maximum absolute atomic E-state index is 12.9. The maximum Gasteiger partial charge on any atom is 0.252 e. The normalized spacial score (nSPS) is 10.5. The predicted molar refractivity (Wildman–Crippen MR) is 83.3 cm³/mol. The van der Waals surface area contributed by atoms with Crippen LogP contribution in [0, 0.1) is 5.82 Å². The Hall–Kier alpha value is -0.550. The van der Waals surface area contributed by atoms with Gasteiger partial charge in [0.1, 0.15) is 5.82 Å². The van der Waals surface area contributed by atoms with Crippen LogP contribution in [0.3, 0.4) is 0 Å². The molecule has 1 aromatic carbocycles. The minimum atomic E-state index is -0.350. The smallest absolute Gasteiger partial charge is 0.252 e. The molecule has 0 aliphatic carbocycles. The van der Waals surface area contributed by atoms with Crippen molar-refractivity contribution in [1.82, 2.24) is 5.32 Å². The number of hydrogen-bond acceptors (Lipinski definition) is 2. The largest absolute Gasteiger partial charge is 0.352 e. The van der Waals surface area contributed by atoms with E-state index < -0.39 is 0 Å². The lowest BCUT2D eigenvalue weighted by molar-refractivity contribution is 0.0952. The molecule has 1 amide bonds. The highest BCUT2D eigenvalue weighted by Gasteiger charge is 2.09. The number of halogens is 2. The number of thioether (sulfide) groups is 1. The van der Waals surface area contributed by atoms with E-state index in [4.69, 9.17) is 0 Å². The molecule has 1 N–H and O–H groups in total. The summed E-state index contributed by atoms with van der Waals surface area (Å²) < 4.78 is 13.4. The number of hydrogen-bond donors (Lipinski definition) is 1. The zero-order valence-corrected chi connectivity index (χ0v) is 13.4. The van der Waals surface area contributed by atoms with Gasteiger partial charge in [0, 0.05) is 11.0 Å². The van der Waals surface area contributed by atoms with Gasteiger partial charge in [-0.05, 0) is 59.0 Å². The Morgan fingerprint density at radius 1 is 1.32 bits per heavy atom. The molecule has 0 heterocycles. The first-order valence-corrected chi connectivity index (χ1v) is 8.56. The van der Waals surface area contributed by atoms with Gasteiger partial charge in [-0.3, -0.25) is 4.79 Å². The van der Waals surface area contributed by atoms with Gasteiger partial charge >= 0.3 is 0 Å². The third-order valence-electron chi connectivity index (χ3n) is 2.74. The lowest BCUT2D eigenvalue weighted by atomic mass is 10.2. The first kappa shape index (κ1) is 16.5. The van der Waals surface area contributed by atoms with E-state index in [0.29, 0.717) is 16.6 Å². The summed E-state index contributed by atoms with van der Waals surface area (Å²) >= 11 is 5.06. The fraction of sp³-hybridized carbons (Fsp3) is 0.500. The lowest BCUT2D eigenvalue weighted by Crippen LogP contribution is -2.24. The molecule has 0 aliphatic heterocycles. The summed E-state index contributed by atoms with van der Waals surface area (Å²) in [6.45, 7) is 0.669. The second kappa shape index (κ2) is 9.37. The molecule has 0 saturated carbocycles. The summed E-state index contributed by atoms with van der Waals surface area (Å²) in [5.74, 6) is 0.697. The number of carbonyl (C=O) groups is 1. The molecule has 1 aromatic rings. The highest BCUT2D eigenvalue weighted by molar-refractivity contribution is 9.10. The van der Waals surface area contributed by atoms with Gasteiger partial charge in [-0.15, -0.1) is 0 Å². The zero-order chi connectivity index (χ0) is 14.1. The van der Waals surface area contributed by atoms with Gasteiger partial charge in [-0.1, -0.05) is 12.8 Å². The van der Waals surface area contributed by atoms with Crippen molar-refractivity contribution >= 4 is 33.6 Å². The van der Waals surface area contributed by atoms with Crippen molar-refractivity contribution in [3.63, 3.8) is 0 Å². The van der Waals surface area contributed by atoms with Crippen molar-refractivity contribution in [3.05, 3.63) is 34.1 Å². The van der Waals surface area contributed by atoms with E-state index in [2.05, 4.69) is 27.5 Å². The number of rotatable bonds is 8. The molecule has 0 unspecified atom stereocenters. The van der Waals surface area contributed by atoms with Crippen LogP contribution in [0.5, 0.6) is 0 Å². The molecule has 5 heteroatoms. The van der Waals surface area contributed by atoms with E-state index in [1.807, 2.05) is 11.8 Å². The number of nitrogens with one attached hydrogen (secondary N) is 1. The van der Waals surface area contributed by atoms with Crippen molar-refractivity contribution in [2.45, 2.75) is 25.7 Å². The molecule has 0 atom stereocenters. The highest BCUT2D eigenvalue weighted by Crippen LogP contribution is 2.17.